The lowest BCUT2D eigenvalue weighted by atomic mass is 9.93. The second-order valence-corrected chi connectivity index (χ2v) is 13.1. The molecule has 4 heteroatoms. The van der Waals surface area contributed by atoms with Crippen LogP contribution in [-0.4, -0.2) is 39.4 Å². The predicted octanol–water partition coefficient (Wildman–Crippen LogP) is 11.7. The van der Waals surface area contributed by atoms with E-state index in [0.717, 1.165) is 6.54 Å². The topological polar surface area (TPSA) is 47.6 Å². The molecule has 42 heavy (non-hydrogen) atoms. The SMILES string of the molecule is CCCCCCCCCCCCCCCC(CCCCCCCCCCCCCCC)CNC(=O)CCOCCOC. The quantitative estimate of drug-likeness (QED) is 0.0733. The maximum atomic E-state index is 12.3. The van der Waals surface area contributed by atoms with Gasteiger partial charge in [-0.2, -0.15) is 0 Å². The number of rotatable bonds is 36. The predicted molar refractivity (Wildman–Crippen MR) is 184 cm³/mol. The van der Waals surface area contributed by atoms with E-state index in [2.05, 4.69) is 19.2 Å². The molecule has 0 aromatic carbocycles. The standard InChI is InChI=1S/C38H77NO3/c1-4-6-8-10-12-14-16-18-20-22-24-26-28-30-37(36-39-38(40)32-33-42-35-34-41-3)31-29-27-25-23-21-19-17-15-13-11-9-7-5-2/h37H,4-36H2,1-3H3,(H,39,40). The molecule has 0 aliphatic heterocycles. The van der Waals surface area contributed by atoms with E-state index in [1.165, 1.54) is 180 Å². The molecule has 0 aliphatic rings. The minimum atomic E-state index is 0.133. The van der Waals surface area contributed by atoms with Crippen LogP contribution in [0.4, 0.5) is 0 Å². The number of amides is 1. The monoisotopic (exact) mass is 596 g/mol. The van der Waals surface area contributed by atoms with Crippen molar-refractivity contribution in [1.29, 1.82) is 0 Å². The van der Waals surface area contributed by atoms with E-state index in [1.807, 2.05) is 0 Å². The minimum absolute atomic E-state index is 0.133. The summed E-state index contributed by atoms with van der Waals surface area (Å²) in [5.74, 6) is 0.761. The molecule has 0 aromatic heterocycles. The summed E-state index contributed by atoms with van der Waals surface area (Å²) in [6, 6.07) is 0. The highest BCUT2D eigenvalue weighted by Crippen LogP contribution is 2.20. The van der Waals surface area contributed by atoms with Crippen LogP contribution in [0.3, 0.4) is 0 Å². The molecular weight excluding hydrogens is 518 g/mol. The van der Waals surface area contributed by atoms with Crippen molar-refractivity contribution in [2.24, 2.45) is 5.92 Å². The number of unbranched alkanes of at least 4 members (excludes halogenated alkanes) is 24. The fourth-order valence-electron chi connectivity index (χ4n) is 6.01. The zero-order valence-electron chi connectivity index (χ0n) is 29.1. The van der Waals surface area contributed by atoms with Crippen molar-refractivity contribution in [2.45, 2.75) is 200 Å². The Hall–Kier alpha value is -0.610. The fourth-order valence-corrected chi connectivity index (χ4v) is 6.01. The molecular formula is C38H77NO3. The van der Waals surface area contributed by atoms with E-state index < -0.39 is 0 Å². The summed E-state index contributed by atoms with van der Waals surface area (Å²) in [6.45, 7) is 7.06. The third kappa shape index (κ3) is 33.9. The zero-order valence-corrected chi connectivity index (χ0v) is 29.1. The van der Waals surface area contributed by atoms with Crippen LogP contribution < -0.4 is 5.32 Å². The molecule has 252 valence electrons. The molecule has 0 aliphatic carbocycles. The van der Waals surface area contributed by atoms with E-state index in [9.17, 15) is 4.79 Å². The van der Waals surface area contributed by atoms with Gasteiger partial charge in [0.2, 0.25) is 5.91 Å². The molecule has 0 radical (unpaired) electrons. The molecule has 0 saturated heterocycles. The van der Waals surface area contributed by atoms with Crippen LogP contribution in [0.2, 0.25) is 0 Å². The van der Waals surface area contributed by atoms with Gasteiger partial charge < -0.3 is 14.8 Å². The molecule has 0 unspecified atom stereocenters. The molecule has 0 rings (SSSR count). The second-order valence-electron chi connectivity index (χ2n) is 13.1. The largest absolute Gasteiger partial charge is 0.382 e. The Morgan fingerprint density at radius 3 is 1.21 bits per heavy atom. The summed E-state index contributed by atoms with van der Waals surface area (Å²) in [7, 11) is 1.67. The summed E-state index contributed by atoms with van der Waals surface area (Å²) in [5, 5.41) is 3.22. The summed E-state index contributed by atoms with van der Waals surface area (Å²) in [6.07, 6.45) is 39.5. The normalized spacial score (nSPS) is 11.5. The number of nitrogens with one attached hydrogen (secondary N) is 1. The van der Waals surface area contributed by atoms with E-state index in [-0.39, 0.29) is 5.91 Å². The van der Waals surface area contributed by atoms with Gasteiger partial charge in [0, 0.05) is 20.1 Å². The van der Waals surface area contributed by atoms with Crippen molar-refractivity contribution in [1.82, 2.24) is 5.32 Å². The molecule has 0 fully saturated rings. The van der Waals surface area contributed by atoms with Crippen LogP contribution in [0.5, 0.6) is 0 Å². The fraction of sp³-hybridized carbons (Fsp3) is 0.974. The minimum Gasteiger partial charge on any atom is -0.382 e. The summed E-state index contributed by atoms with van der Waals surface area (Å²) < 4.78 is 10.5. The highest BCUT2D eigenvalue weighted by atomic mass is 16.5. The Morgan fingerprint density at radius 1 is 0.500 bits per heavy atom. The Balaban J connectivity index is 3.97. The van der Waals surface area contributed by atoms with Crippen molar-refractivity contribution >= 4 is 5.91 Å². The molecule has 1 N–H and O–H groups in total. The molecule has 1 amide bonds. The van der Waals surface area contributed by atoms with Crippen LogP contribution in [0.1, 0.15) is 200 Å². The van der Waals surface area contributed by atoms with E-state index in [1.54, 1.807) is 7.11 Å². The zero-order chi connectivity index (χ0) is 30.6. The number of hydrogen-bond acceptors (Lipinski definition) is 3. The van der Waals surface area contributed by atoms with Gasteiger partial charge in [-0.05, 0) is 18.8 Å². The van der Waals surface area contributed by atoms with Gasteiger partial charge in [0.25, 0.3) is 0 Å². The highest BCUT2D eigenvalue weighted by Gasteiger charge is 2.11. The first-order valence-corrected chi connectivity index (χ1v) is 19.1. The van der Waals surface area contributed by atoms with Gasteiger partial charge in [0.05, 0.1) is 19.8 Å². The first-order chi connectivity index (χ1) is 20.7. The molecule has 0 spiro atoms. The van der Waals surface area contributed by atoms with Gasteiger partial charge in [-0.15, -0.1) is 0 Å². The number of ether oxygens (including phenoxy) is 2. The first-order valence-electron chi connectivity index (χ1n) is 19.1. The van der Waals surface area contributed by atoms with Gasteiger partial charge >= 0.3 is 0 Å². The highest BCUT2D eigenvalue weighted by molar-refractivity contribution is 5.75. The van der Waals surface area contributed by atoms with E-state index in [4.69, 9.17) is 9.47 Å². The molecule has 4 nitrogen and oxygen atoms in total. The van der Waals surface area contributed by atoms with Gasteiger partial charge in [0.1, 0.15) is 0 Å². The lowest BCUT2D eigenvalue weighted by Gasteiger charge is -2.18. The van der Waals surface area contributed by atoms with Crippen LogP contribution in [0.15, 0.2) is 0 Å². The third-order valence-electron chi connectivity index (χ3n) is 8.93. The van der Waals surface area contributed by atoms with Gasteiger partial charge in [-0.1, -0.05) is 181 Å². The Bertz CT molecular complexity index is 483. The summed E-state index contributed by atoms with van der Waals surface area (Å²) >= 11 is 0. The summed E-state index contributed by atoms with van der Waals surface area (Å²) in [4.78, 5) is 12.3. The van der Waals surface area contributed by atoms with Crippen LogP contribution in [0, 0.1) is 5.92 Å². The van der Waals surface area contributed by atoms with Crippen LogP contribution in [-0.2, 0) is 14.3 Å². The Kier molecular flexibility index (Phi) is 36.0. The number of carbonyl (C=O) groups is 1. The van der Waals surface area contributed by atoms with Gasteiger partial charge in [-0.3, -0.25) is 4.79 Å². The van der Waals surface area contributed by atoms with Crippen molar-refractivity contribution in [3.8, 4) is 0 Å². The molecule has 0 atom stereocenters. The van der Waals surface area contributed by atoms with Crippen molar-refractivity contribution < 1.29 is 14.3 Å². The molecule has 0 heterocycles. The lowest BCUT2D eigenvalue weighted by molar-refractivity contribution is -0.122. The van der Waals surface area contributed by atoms with Crippen molar-refractivity contribution in [3.05, 3.63) is 0 Å². The molecule has 0 bridgehead atoms. The molecule has 0 saturated carbocycles. The number of hydrogen-bond donors (Lipinski definition) is 1. The lowest BCUT2D eigenvalue weighted by Crippen LogP contribution is -2.30. The van der Waals surface area contributed by atoms with Gasteiger partial charge in [-0.25, -0.2) is 0 Å². The third-order valence-corrected chi connectivity index (χ3v) is 8.93. The van der Waals surface area contributed by atoms with Crippen molar-refractivity contribution in [2.75, 3.05) is 33.5 Å². The average Bonchev–Trinajstić information content (AvgIpc) is 3.00. The van der Waals surface area contributed by atoms with Gasteiger partial charge in [0.15, 0.2) is 0 Å². The van der Waals surface area contributed by atoms with Crippen LogP contribution >= 0.6 is 0 Å². The maximum absolute atomic E-state index is 12.3. The Morgan fingerprint density at radius 2 is 0.857 bits per heavy atom. The maximum Gasteiger partial charge on any atom is 0.222 e. The summed E-state index contributed by atoms with van der Waals surface area (Å²) in [5.41, 5.74) is 0. The van der Waals surface area contributed by atoms with Crippen molar-refractivity contribution in [3.63, 3.8) is 0 Å². The smallest absolute Gasteiger partial charge is 0.222 e. The number of carbonyl (C=O) groups excluding carboxylic acids is 1. The second kappa shape index (κ2) is 36.6. The first kappa shape index (κ1) is 41.4. The van der Waals surface area contributed by atoms with Crippen LogP contribution in [0.25, 0.3) is 0 Å². The number of methoxy groups -OCH3 is 1. The Labute approximate surface area is 264 Å². The van der Waals surface area contributed by atoms with E-state index >= 15 is 0 Å². The average molecular weight is 596 g/mol. The van der Waals surface area contributed by atoms with E-state index in [0.29, 0.717) is 32.2 Å². The molecule has 0 aromatic rings.